The van der Waals surface area contributed by atoms with Gasteiger partial charge in [0, 0.05) is 12.2 Å². The topological polar surface area (TPSA) is 75.0 Å². The highest BCUT2D eigenvalue weighted by Crippen LogP contribution is 2.27. The molecule has 1 aromatic heterocycles. The van der Waals surface area contributed by atoms with Gasteiger partial charge in [-0.3, -0.25) is 9.69 Å². The number of nitrogens with two attached hydrogens (primary N) is 1. The minimum absolute atomic E-state index is 0.0530. The molecular weight excluding hydrogens is 206 g/mol. The van der Waals surface area contributed by atoms with Crippen molar-refractivity contribution in [3.63, 3.8) is 0 Å². The highest BCUT2D eigenvalue weighted by atomic mass is 19.3. The van der Waals surface area contributed by atoms with Gasteiger partial charge < -0.3 is 10.7 Å². The second kappa shape index (κ2) is 3.27. The summed E-state index contributed by atoms with van der Waals surface area (Å²) in [4.78, 5) is 18.6. The second-order valence-corrected chi connectivity index (χ2v) is 3.62. The first-order valence-corrected chi connectivity index (χ1v) is 4.40. The van der Waals surface area contributed by atoms with Crippen LogP contribution < -0.4 is 5.73 Å². The summed E-state index contributed by atoms with van der Waals surface area (Å²) >= 11 is 0. The molecule has 0 aliphatic carbocycles. The molecule has 5 nitrogen and oxygen atoms in total. The molecule has 0 unspecified atom stereocenters. The normalized spacial score (nSPS) is 19.9. The molecule has 0 atom stereocenters. The van der Waals surface area contributed by atoms with Gasteiger partial charge in [0.15, 0.2) is 5.82 Å². The van der Waals surface area contributed by atoms with Crippen molar-refractivity contribution in [3.05, 3.63) is 17.7 Å². The molecule has 3 N–H and O–H groups in total. The van der Waals surface area contributed by atoms with Crippen LogP contribution >= 0.6 is 0 Å². The molecule has 1 amide bonds. The smallest absolute Gasteiger partial charge is 0.284 e. The van der Waals surface area contributed by atoms with Crippen molar-refractivity contribution in [1.82, 2.24) is 14.9 Å². The van der Waals surface area contributed by atoms with Crippen LogP contribution in [0.2, 0.25) is 0 Å². The van der Waals surface area contributed by atoms with Gasteiger partial charge in [-0.05, 0) is 0 Å². The van der Waals surface area contributed by atoms with Crippen LogP contribution in [0, 0.1) is 0 Å². The van der Waals surface area contributed by atoms with E-state index in [4.69, 9.17) is 5.73 Å². The van der Waals surface area contributed by atoms with Crippen LogP contribution in [0.4, 0.5) is 8.78 Å². The van der Waals surface area contributed by atoms with Gasteiger partial charge in [0.2, 0.25) is 0 Å². The molecule has 1 saturated heterocycles. The molecule has 1 aliphatic heterocycles. The third-order valence-electron chi connectivity index (χ3n) is 2.17. The van der Waals surface area contributed by atoms with Gasteiger partial charge in [-0.25, -0.2) is 13.8 Å². The van der Waals surface area contributed by atoms with E-state index in [0.717, 1.165) is 0 Å². The molecule has 2 heterocycles. The number of imidazole rings is 1. The summed E-state index contributed by atoms with van der Waals surface area (Å²) in [7, 11) is 0. The lowest BCUT2D eigenvalue weighted by molar-refractivity contribution is -0.134. The van der Waals surface area contributed by atoms with Gasteiger partial charge in [0.1, 0.15) is 0 Å². The number of aromatic amines is 1. The Labute approximate surface area is 84.3 Å². The second-order valence-electron chi connectivity index (χ2n) is 3.62. The largest absolute Gasteiger partial charge is 0.363 e. The summed E-state index contributed by atoms with van der Waals surface area (Å²) < 4.78 is 25.0. The summed E-state index contributed by atoms with van der Waals surface area (Å²) in [5.41, 5.74) is 5.59. The molecule has 0 aromatic carbocycles. The van der Waals surface area contributed by atoms with Crippen LogP contribution in [0.1, 0.15) is 16.3 Å². The van der Waals surface area contributed by atoms with Gasteiger partial charge in [-0.15, -0.1) is 0 Å². The van der Waals surface area contributed by atoms with Crippen LogP contribution in [0.15, 0.2) is 6.20 Å². The zero-order valence-corrected chi connectivity index (χ0v) is 7.83. The standard InChI is InChI=1S/C8H10F2N4O/c9-8(10)3-14(4-8)2-5-1-12-7(13-5)6(11)15/h1H,2-4H2,(H2,11,15)(H,12,13). The highest BCUT2D eigenvalue weighted by molar-refractivity contribution is 5.88. The van der Waals surface area contributed by atoms with Crippen LogP contribution in [0.25, 0.3) is 0 Å². The molecule has 7 heteroatoms. The molecule has 2 rings (SSSR count). The average Bonchev–Trinajstić information content (AvgIpc) is 2.49. The number of H-pyrrole nitrogens is 1. The van der Waals surface area contributed by atoms with Gasteiger partial charge in [0.05, 0.1) is 19.3 Å². The number of aromatic nitrogens is 2. The SMILES string of the molecule is NC(=O)c1ncc(CN2CC(F)(F)C2)[nH]1. The average molecular weight is 216 g/mol. The molecule has 1 aromatic rings. The van der Waals surface area contributed by atoms with Crippen molar-refractivity contribution < 1.29 is 13.6 Å². The molecule has 15 heavy (non-hydrogen) atoms. The number of halogens is 2. The Bertz CT molecular complexity index is 382. The fourth-order valence-corrected chi connectivity index (χ4v) is 1.53. The number of primary amides is 1. The van der Waals surface area contributed by atoms with Gasteiger partial charge >= 0.3 is 0 Å². The van der Waals surface area contributed by atoms with Crippen molar-refractivity contribution in [2.24, 2.45) is 5.73 Å². The van der Waals surface area contributed by atoms with Crippen molar-refractivity contribution in [2.45, 2.75) is 12.5 Å². The monoisotopic (exact) mass is 216 g/mol. The third-order valence-corrected chi connectivity index (χ3v) is 2.17. The van der Waals surface area contributed by atoms with Gasteiger partial charge in [0.25, 0.3) is 11.8 Å². The molecular formula is C8H10F2N4O. The van der Waals surface area contributed by atoms with Gasteiger partial charge in [-0.1, -0.05) is 0 Å². The first-order valence-electron chi connectivity index (χ1n) is 4.40. The Morgan fingerprint density at radius 1 is 1.67 bits per heavy atom. The van der Waals surface area contributed by atoms with E-state index in [0.29, 0.717) is 12.2 Å². The van der Waals surface area contributed by atoms with E-state index in [2.05, 4.69) is 9.97 Å². The molecule has 0 spiro atoms. The van der Waals surface area contributed by atoms with E-state index in [-0.39, 0.29) is 18.9 Å². The van der Waals surface area contributed by atoms with Crippen LogP contribution in [0.3, 0.4) is 0 Å². The number of alkyl halides is 2. The highest BCUT2D eigenvalue weighted by Gasteiger charge is 2.43. The first kappa shape index (κ1) is 10.0. The zero-order chi connectivity index (χ0) is 11.1. The van der Waals surface area contributed by atoms with Crippen molar-refractivity contribution in [1.29, 1.82) is 0 Å². The molecule has 0 radical (unpaired) electrons. The zero-order valence-electron chi connectivity index (χ0n) is 7.83. The number of nitrogens with one attached hydrogen (secondary N) is 1. The summed E-state index contributed by atoms with van der Waals surface area (Å²) in [5.74, 6) is -3.18. The predicted octanol–water partition coefficient (Wildman–Crippen LogP) is -0.0405. The lowest BCUT2D eigenvalue weighted by atomic mass is 10.1. The molecule has 1 fully saturated rings. The number of hydrogen-bond acceptors (Lipinski definition) is 3. The third kappa shape index (κ3) is 2.12. The fourth-order valence-electron chi connectivity index (χ4n) is 1.53. The van der Waals surface area contributed by atoms with E-state index >= 15 is 0 Å². The summed E-state index contributed by atoms with van der Waals surface area (Å²) in [6.45, 7) is -0.175. The molecule has 0 bridgehead atoms. The van der Waals surface area contributed by atoms with Crippen molar-refractivity contribution in [3.8, 4) is 0 Å². The Morgan fingerprint density at radius 3 is 2.80 bits per heavy atom. The maximum absolute atomic E-state index is 12.5. The number of carbonyl (C=O) groups is 1. The van der Waals surface area contributed by atoms with E-state index in [1.54, 1.807) is 4.90 Å². The van der Waals surface area contributed by atoms with Gasteiger partial charge in [-0.2, -0.15) is 0 Å². The number of amides is 1. The number of carbonyl (C=O) groups excluding carboxylic acids is 1. The Hall–Kier alpha value is -1.50. The Morgan fingerprint density at radius 2 is 2.33 bits per heavy atom. The molecule has 82 valence electrons. The van der Waals surface area contributed by atoms with Crippen LogP contribution in [-0.4, -0.2) is 39.8 Å². The molecule has 0 saturated carbocycles. The number of rotatable bonds is 3. The maximum atomic E-state index is 12.5. The minimum Gasteiger partial charge on any atom is -0.363 e. The summed E-state index contributed by atoms with van der Waals surface area (Å²) in [6.07, 6.45) is 1.43. The van der Waals surface area contributed by atoms with E-state index < -0.39 is 11.8 Å². The first-order chi connectivity index (χ1) is 6.96. The van der Waals surface area contributed by atoms with Crippen LogP contribution in [-0.2, 0) is 6.54 Å². The maximum Gasteiger partial charge on any atom is 0.284 e. The predicted molar refractivity (Wildman–Crippen MR) is 47.3 cm³/mol. The summed E-state index contributed by atoms with van der Waals surface area (Å²) in [6, 6.07) is 0. The fraction of sp³-hybridized carbons (Fsp3) is 0.500. The number of likely N-dealkylation sites (tertiary alicyclic amines) is 1. The quantitative estimate of drug-likeness (QED) is 0.744. The van der Waals surface area contributed by atoms with E-state index in [1.165, 1.54) is 6.20 Å². The lowest BCUT2D eigenvalue weighted by Crippen LogP contribution is -2.55. The van der Waals surface area contributed by atoms with Crippen molar-refractivity contribution >= 4 is 5.91 Å². The molecule has 1 aliphatic rings. The number of nitrogens with zero attached hydrogens (tertiary/aromatic N) is 2. The minimum atomic E-state index is -2.58. The van der Waals surface area contributed by atoms with E-state index in [9.17, 15) is 13.6 Å². The lowest BCUT2D eigenvalue weighted by Gasteiger charge is -2.38. The Balaban J connectivity index is 1.92. The Kier molecular flexibility index (Phi) is 2.18. The van der Waals surface area contributed by atoms with Crippen LogP contribution in [0.5, 0.6) is 0 Å². The van der Waals surface area contributed by atoms with Crippen molar-refractivity contribution in [2.75, 3.05) is 13.1 Å². The number of hydrogen-bond donors (Lipinski definition) is 2. The summed E-state index contributed by atoms with van der Waals surface area (Å²) in [5, 5.41) is 0. The van der Waals surface area contributed by atoms with E-state index in [1.807, 2.05) is 0 Å².